The molecule has 0 saturated carbocycles. The van der Waals surface area contributed by atoms with Gasteiger partial charge in [-0.15, -0.1) is 0 Å². The first-order valence-corrected chi connectivity index (χ1v) is 8.51. The van der Waals surface area contributed by atoms with Crippen LogP contribution in [0.5, 0.6) is 5.75 Å². The Labute approximate surface area is 143 Å². The van der Waals surface area contributed by atoms with E-state index in [1.807, 2.05) is 48.2 Å². The minimum atomic E-state index is 0.167. The molecule has 4 nitrogen and oxygen atoms in total. The highest BCUT2D eigenvalue weighted by Gasteiger charge is 2.29. The lowest BCUT2D eigenvalue weighted by Crippen LogP contribution is -2.35. The van der Waals surface area contributed by atoms with E-state index in [0.717, 1.165) is 17.7 Å². The number of nitrogens with two attached hydrogens (primary N) is 1. The van der Waals surface area contributed by atoms with Crippen molar-refractivity contribution in [2.45, 2.75) is 39.2 Å². The van der Waals surface area contributed by atoms with Crippen molar-refractivity contribution in [3.8, 4) is 5.75 Å². The molecule has 1 unspecified atom stereocenters. The largest absolute Gasteiger partial charge is 0.492 e. The van der Waals surface area contributed by atoms with Gasteiger partial charge >= 0.3 is 0 Å². The molecule has 0 fully saturated rings. The molecule has 2 aromatic carbocycles. The number of para-hydroxylation sites is 1. The number of benzene rings is 2. The molecule has 1 aliphatic heterocycles. The number of ether oxygens (including phenoxy) is 1. The molecule has 0 spiro atoms. The summed E-state index contributed by atoms with van der Waals surface area (Å²) in [4.78, 5) is 14.7. The second-order valence-electron chi connectivity index (χ2n) is 6.25. The van der Waals surface area contributed by atoms with Gasteiger partial charge in [0.25, 0.3) is 0 Å². The van der Waals surface area contributed by atoms with Crippen molar-refractivity contribution >= 4 is 17.3 Å². The Balaban J connectivity index is 1.67. The van der Waals surface area contributed by atoms with Crippen LogP contribution in [0, 0.1) is 0 Å². The molecule has 0 aliphatic carbocycles. The van der Waals surface area contributed by atoms with E-state index in [-0.39, 0.29) is 11.9 Å². The van der Waals surface area contributed by atoms with Crippen molar-refractivity contribution in [3.63, 3.8) is 0 Å². The first-order valence-electron chi connectivity index (χ1n) is 8.51. The molecule has 1 amide bonds. The maximum Gasteiger partial charge on any atom is 0.227 e. The second-order valence-corrected chi connectivity index (χ2v) is 6.25. The fourth-order valence-corrected chi connectivity index (χ4v) is 3.36. The lowest BCUT2D eigenvalue weighted by atomic mass is 10.1. The van der Waals surface area contributed by atoms with Crippen molar-refractivity contribution in [2.75, 3.05) is 17.2 Å². The van der Waals surface area contributed by atoms with Gasteiger partial charge in [-0.1, -0.05) is 24.3 Å². The zero-order valence-electron chi connectivity index (χ0n) is 14.3. The summed E-state index contributed by atoms with van der Waals surface area (Å²) in [5, 5.41) is 0. The van der Waals surface area contributed by atoms with Crippen LogP contribution in [0.1, 0.15) is 31.4 Å². The molecule has 126 valence electrons. The monoisotopic (exact) mass is 324 g/mol. The number of amides is 1. The standard InChI is InChI=1S/C20H24N2O2/c1-3-24-19-10-8-15(13-17(19)21)9-11-20(23)22-14(2)12-16-6-4-5-7-18(16)22/h4-8,10,13-14H,3,9,11-12,21H2,1-2H3. The highest BCUT2D eigenvalue weighted by Crippen LogP contribution is 2.32. The van der Waals surface area contributed by atoms with E-state index in [4.69, 9.17) is 10.5 Å². The fourth-order valence-electron chi connectivity index (χ4n) is 3.36. The minimum Gasteiger partial charge on any atom is -0.492 e. The Bertz CT molecular complexity index is 742. The Morgan fingerprint density at radius 1 is 1.29 bits per heavy atom. The molecular formula is C20H24N2O2. The number of fused-ring (bicyclic) bond motifs is 1. The van der Waals surface area contributed by atoms with E-state index in [2.05, 4.69) is 13.0 Å². The van der Waals surface area contributed by atoms with Gasteiger partial charge in [0, 0.05) is 18.2 Å². The summed E-state index contributed by atoms with van der Waals surface area (Å²) in [6, 6.07) is 14.1. The summed E-state index contributed by atoms with van der Waals surface area (Å²) in [7, 11) is 0. The Hall–Kier alpha value is -2.49. The van der Waals surface area contributed by atoms with Crippen molar-refractivity contribution in [1.82, 2.24) is 0 Å². The zero-order chi connectivity index (χ0) is 17.1. The molecule has 0 bridgehead atoms. The number of hydrogen-bond donors (Lipinski definition) is 1. The van der Waals surface area contributed by atoms with Crippen LogP contribution in [0.15, 0.2) is 42.5 Å². The van der Waals surface area contributed by atoms with E-state index in [1.165, 1.54) is 5.56 Å². The van der Waals surface area contributed by atoms with Gasteiger partial charge in [0.2, 0.25) is 5.91 Å². The van der Waals surface area contributed by atoms with Gasteiger partial charge < -0.3 is 15.4 Å². The summed E-state index contributed by atoms with van der Waals surface area (Å²) in [5.74, 6) is 0.870. The number of aryl methyl sites for hydroxylation is 1. The normalized spacial score (nSPS) is 16.1. The summed E-state index contributed by atoms with van der Waals surface area (Å²) in [6.45, 7) is 4.63. The average Bonchev–Trinajstić information content (AvgIpc) is 2.91. The Morgan fingerprint density at radius 2 is 2.08 bits per heavy atom. The van der Waals surface area contributed by atoms with E-state index < -0.39 is 0 Å². The van der Waals surface area contributed by atoms with Crippen LogP contribution in [0.2, 0.25) is 0 Å². The number of carbonyl (C=O) groups is 1. The minimum absolute atomic E-state index is 0.167. The zero-order valence-corrected chi connectivity index (χ0v) is 14.3. The van der Waals surface area contributed by atoms with Gasteiger partial charge in [-0.25, -0.2) is 0 Å². The van der Waals surface area contributed by atoms with E-state index in [0.29, 0.717) is 30.9 Å². The predicted octanol–water partition coefficient (Wildman–Crippen LogP) is 3.58. The molecule has 1 atom stereocenters. The van der Waals surface area contributed by atoms with Gasteiger partial charge in [-0.3, -0.25) is 4.79 Å². The fraction of sp³-hybridized carbons (Fsp3) is 0.350. The summed E-state index contributed by atoms with van der Waals surface area (Å²) < 4.78 is 5.45. The quantitative estimate of drug-likeness (QED) is 0.855. The van der Waals surface area contributed by atoms with Gasteiger partial charge in [-0.05, 0) is 56.0 Å². The van der Waals surface area contributed by atoms with Crippen molar-refractivity contribution < 1.29 is 9.53 Å². The molecule has 3 rings (SSSR count). The molecule has 24 heavy (non-hydrogen) atoms. The van der Waals surface area contributed by atoms with Crippen molar-refractivity contribution in [3.05, 3.63) is 53.6 Å². The van der Waals surface area contributed by atoms with Crippen LogP contribution >= 0.6 is 0 Å². The van der Waals surface area contributed by atoms with Crippen molar-refractivity contribution in [2.24, 2.45) is 0 Å². The SMILES string of the molecule is CCOc1ccc(CCC(=O)N2c3ccccc3CC2C)cc1N. The molecule has 2 N–H and O–H groups in total. The summed E-state index contributed by atoms with van der Waals surface area (Å²) in [5.41, 5.74) is 10.00. The third kappa shape index (κ3) is 3.23. The predicted molar refractivity (Wildman–Crippen MR) is 97.4 cm³/mol. The maximum absolute atomic E-state index is 12.7. The number of nitrogen functional groups attached to an aromatic ring is 1. The molecule has 1 heterocycles. The first-order chi connectivity index (χ1) is 11.6. The molecule has 1 aliphatic rings. The van der Waals surface area contributed by atoms with E-state index in [1.54, 1.807) is 0 Å². The number of carbonyl (C=O) groups excluding carboxylic acids is 1. The first kappa shape index (κ1) is 16.4. The van der Waals surface area contributed by atoms with Gasteiger partial charge in [-0.2, -0.15) is 0 Å². The number of anilines is 2. The third-order valence-electron chi connectivity index (χ3n) is 4.48. The van der Waals surface area contributed by atoms with Crippen LogP contribution in [0.25, 0.3) is 0 Å². The summed E-state index contributed by atoms with van der Waals surface area (Å²) >= 11 is 0. The molecule has 4 heteroatoms. The highest BCUT2D eigenvalue weighted by molar-refractivity contribution is 5.96. The van der Waals surface area contributed by atoms with Crippen molar-refractivity contribution in [1.29, 1.82) is 0 Å². The molecule has 0 aromatic heterocycles. The second kappa shape index (κ2) is 6.95. The molecule has 0 saturated heterocycles. The summed E-state index contributed by atoms with van der Waals surface area (Å²) in [6.07, 6.45) is 2.09. The lowest BCUT2D eigenvalue weighted by molar-refractivity contribution is -0.118. The van der Waals surface area contributed by atoms with Crippen LogP contribution in [-0.4, -0.2) is 18.6 Å². The van der Waals surface area contributed by atoms with Gasteiger partial charge in [0.1, 0.15) is 5.75 Å². The topological polar surface area (TPSA) is 55.6 Å². The van der Waals surface area contributed by atoms with E-state index >= 15 is 0 Å². The number of rotatable bonds is 5. The molecular weight excluding hydrogens is 300 g/mol. The molecule has 2 aromatic rings. The van der Waals surface area contributed by atoms with E-state index in [9.17, 15) is 4.79 Å². The van der Waals surface area contributed by atoms with Crippen LogP contribution in [0.4, 0.5) is 11.4 Å². The Morgan fingerprint density at radius 3 is 2.83 bits per heavy atom. The third-order valence-corrected chi connectivity index (χ3v) is 4.48. The average molecular weight is 324 g/mol. The highest BCUT2D eigenvalue weighted by atomic mass is 16.5. The van der Waals surface area contributed by atoms with Crippen LogP contribution in [0.3, 0.4) is 0 Å². The van der Waals surface area contributed by atoms with Gasteiger partial charge in [0.05, 0.1) is 12.3 Å². The van der Waals surface area contributed by atoms with Gasteiger partial charge in [0.15, 0.2) is 0 Å². The lowest BCUT2D eigenvalue weighted by Gasteiger charge is -2.22. The molecule has 0 radical (unpaired) electrons. The Kier molecular flexibility index (Phi) is 4.74. The van der Waals surface area contributed by atoms with Crippen LogP contribution < -0.4 is 15.4 Å². The maximum atomic E-state index is 12.7. The number of hydrogen-bond acceptors (Lipinski definition) is 3. The van der Waals surface area contributed by atoms with Crippen LogP contribution in [-0.2, 0) is 17.6 Å². The number of nitrogens with zero attached hydrogens (tertiary/aromatic N) is 1. The smallest absolute Gasteiger partial charge is 0.227 e.